The molecule has 0 bridgehead atoms. The number of nitrogens with two attached hydrogens (primary N) is 2. The van der Waals surface area contributed by atoms with Gasteiger partial charge in [-0.15, -0.1) is 12.4 Å². The molecule has 0 saturated carbocycles. The molecule has 28 heteroatoms. The van der Waals surface area contributed by atoms with Crippen molar-refractivity contribution >= 4 is 86.4 Å². The largest absolute Gasteiger partial charge is 0.465 e. The van der Waals surface area contributed by atoms with Gasteiger partial charge in [0.05, 0.1) is 30.9 Å². The van der Waals surface area contributed by atoms with Gasteiger partial charge < -0.3 is 45.9 Å². The van der Waals surface area contributed by atoms with E-state index in [-0.39, 0.29) is 91.8 Å². The third-order valence-corrected chi connectivity index (χ3v) is 13.3. The molecule has 5 N–H and O–H groups in total. The van der Waals surface area contributed by atoms with Gasteiger partial charge >= 0.3 is 23.3 Å². The average molecular weight is 1300 g/mol. The van der Waals surface area contributed by atoms with Crippen LogP contribution >= 0.6 is 33.9 Å². The normalized spacial score (nSPS) is 12.1. The summed E-state index contributed by atoms with van der Waals surface area (Å²) in [4.78, 5) is 96.4. The van der Waals surface area contributed by atoms with Crippen LogP contribution in [0.15, 0.2) is 48.5 Å². The van der Waals surface area contributed by atoms with Gasteiger partial charge in [-0.1, -0.05) is 124 Å². The van der Waals surface area contributed by atoms with E-state index in [0.29, 0.717) is 32.7 Å². The Kier molecular flexibility index (Phi) is 46.3. The number of nitro groups is 2. The first-order chi connectivity index (χ1) is 40.2. The fourth-order valence-electron chi connectivity index (χ4n) is 8.92. The van der Waals surface area contributed by atoms with E-state index in [1.54, 1.807) is 30.9 Å². The molecule has 2 fully saturated rings. The Bertz CT molecular complexity index is 2670. The maximum atomic E-state index is 12.9. The minimum Gasteiger partial charge on any atom is -0.465 e. The van der Waals surface area contributed by atoms with Gasteiger partial charge in [0.25, 0.3) is 11.8 Å². The number of nitrogens with zero attached hydrogens (tertiary/aromatic N) is 12. The lowest BCUT2D eigenvalue weighted by molar-refractivity contribution is -0.384. The van der Waals surface area contributed by atoms with Crippen LogP contribution in [0, 0.1) is 20.2 Å². The summed E-state index contributed by atoms with van der Waals surface area (Å²) in [6.45, 7) is 26.1. The molecule has 2 aliphatic rings. The molecule has 88 heavy (non-hydrogen) atoms. The highest BCUT2D eigenvalue weighted by Crippen LogP contribution is 2.33. The van der Waals surface area contributed by atoms with Crippen molar-refractivity contribution in [3.63, 3.8) is 0 Å². The number of ether oxygens (including phenoxy) is 2. The van der Waals surface area contributed by atoms with E-state index in [4.69, 9.17) is 33.8 Å². The lowest BCUT2D eigenvalue weighted by Gasteiger charge is -2.24. The van der Waals surface area contributed by atoms with Gasteiger partial charge in [0.1, 0.15) is 6.54 Å². The second-order valence-corrected chi connectivity index (χ2v) is 19.8. The number of anilines is 3. The molecular weight excluding hydrogens is 1190 g/mol. The van der Waals surface area contributed by atoms with Gasteiger partial charge in [-0.3, -0.25) is 49.2 Å². The zero-order valence-electron chi connectivity index (χ0n) is 51.3. The molecule has 2 aromatic carbocycles. The van der Waals surface area contributed by atoms with Crippen LogP contribution in [0.3, 0.4) is 0 Å². The lowest BCUT2D eigenvalue weighted by Crippen LogP contribution is -2.34. The second kappa shape index (κ2) is 47.5. The molecule has 500 valence electrons. The van der Waals surface area contributed by atoms with Crippen molar-refractivity contribution in [2.75, 3.05) is 116 Å². The van der Waals surface area contributed by atoms with Crippen molar-refractivity contribution in [2.24, 2.45) is 0 Å². The number of nitrogens with one attached hydrogen (secondary N) is 1. The zero-order chi connectivity index (χ0) is 62.7. The van der Waals surface area contributed by atoms with Crippen LogP contribution in [0.5, 0.6) is 0 Å². The standard InChI is InChI=1S/C25H35N7O5.C16H24N2O2.C9H12ClN5O3.C6H15N.4CH4.ClH.H3P/c1-4-11-29(3)25(34)23-27-22(26)21(32(35)36)24(28-23)31(17-20(33)37-5-2)16-19-10-8-9-18(14-19)15-30-12-6-7-13-30;1-2-20-16(19)12-17-11-14-6-5-7-15(10-14)13-18-8-3-4-9-18;1-3-4-14(2)9(16)8-12-6(10)5(15(17)18)7(11)13-8;1-4-7(5-2)6-3;;;;;;/h8-10,14H,4-7,11-13,15-17H2,1-3H3,(H2,26,27,28);5-7,10,17H,2-4,8-9,11-13H2,1H3;3-4H2,1-2H3,(H2,11,12,13);4-6H2,1-3H3;4*1H4;1H;1H3/i;;;;;;;;;1D. The molecule has 0 spiro atoms. The Morgan fingerprint density at radius 3 is 1.48 bits per heavy atom. The fourth-order valence-corrected chi connectivity index (χ4v) is 9.16. The van der Waals surface area contributed by atoms with E-state index in [1.807, 2.05) is 45.0 Å². The van der Waals surface area contributed by atoms with Gasteiger partial charge in [0.2, 0.25) is 34.3 Å². The second-order valence-electron chi connectivity index (χ2n) is 19.4. The minimum atomic E-state index is -0.790. The third-order valence-electron chi connectivity index (χ3n) is 13.1. The maximum Gasteiger partial charge on any atom is 0.353 e. The molecule has 2 saturated heterocycles. The average Bonchev–Trinajstić information content (AvgIpc) is 2.59. The molecule has 2 aromatic heterocycles. The molecule has 25 nitrogen and oxygen atoms in total. The highest BCUT2D eigenvalue weighted by molar-refractivity contribution is 6.92. The Labute approximate surface area is 540 Å². The van der Waals surface area contributed by atoms with Crippen molar-refractivity contribution in [3.8, 4) is 0 Å². The highest BCUT2D eigenvalue weighted by atomic mass is 35.5. The molecule has 1 unspecified atom stereocenters. The van der Waals surface area contributed by atoms with Crippen molar-refractivity contribution in [3.05, 3.63) is 108 Å². The van der Waals surface area contributed by atoms with Crippen LogP contribution in [0.25, 0.3) is 0 Å². The first kappa shape index (κ1) is 85.7. The highest BCUT2D eigenvalue weighted by Gasteiger charge is 2.32. The maximum absolute atomic E-state index is 12.9. The predicted octanol–water partition coefficient (Wildman–Crippen LogP) is 10.0. The van der Waals surface area contributed by atoms with Crippen LogP contribution in [-0.2, 0) is 45.2 Å². The van der Waals surface area contributed by atoms with Gasteiger partial charge in [0.15, 0.2) is 0 Å². The Morgan fingerprint density at radius 2 is 1.07 bits per heavy atom. The van der Waals surface area contributed by atoms with E-state index >= 15 is 0 Å². The van der Waals surface area contributed by atoms with Crippen molar-refractivity contribution in [1.82, 2.24) is 49.8 Å². The number of rotatable bonds is 26. The Morgan fingerprint density at radius 1 is 0.659 bits per heavy atom. The molecule has 4 heterocycles. The number of aromatic nitrogens is 4. The van der Waals surface area contributed by atoms with Crippen molar-refractivity contribution in [2.45, 2.75) is 143 Å². The molecule has 2 amide bonds. The first-order valence-corrected chi connectivity index (χ1v) is 28.5. The van der Waals surface area contributed by atoms with Crippen LogP contribution in [0.4, 0.5) is 28.8 Å². The topological polar surface area (TPSA) is 308 Å². The van der Waals surface area contributed by atoms with Crippen molar-refractivity contribution < 1.29 is 38.5 Å². The van der Waals surface area contributed by atoms with Crippen LogP contribution in [0.1, 0.15) is 160 Å². The quantitative estimate of drug-likeness (QED) is 0.0173. The minimum absolute atomic E-state index is 0. The number of likely N-dealkylation sites (tertiary alicyclic amines) is 2. The number of hydrogen-bond donors (Lipinski definition) is 3. The number of esters is 2. The van der Waals surface area contributed by atoms with E-state index in [2.05, 4.69) is 85.0 Å². The van der Waals surface area contributed by atoms with Crippen LogP contribution in [0.2, 0.25) is 5.15 Å². The molecule has 2 aliphatic heterocycles. The molecule has 0 aliphatic carbocycles. The van der Waals surface area contributed by atoms with E-state index in [9.17, 15) is 39.4 Å². The van der Waals surface area contributed by atoms with Crippen LogP contribution in [-0.4, -0.2) is 179 Å². The monoisotopic (exact) mass is 1300 g/mol. The van der Waals surface area contributed by atoms with Crippen LogP contribution < -0.4 is 21.7 Å². The lowest BCUT2D eigenvalue weighted by atomic mass is 10.1. The Balaban J connectivity index is -0.000000592. The number of nitrogen functional groups attached to an aromatic ring is 2. The molecule has 6 rings (SSSR count). The summed E-state index contributed by atoms with van der Waals surface area (Å²) in [5.74, 6) is -3.38. The number of halogens is 2. The van der Waals surface area contributed by atoms with Gasteiger partial charge in [-0.25, -0.2) is 4.98 Å². The van der Waals surface area contributed by atoms with E-state index in [0.717, 1.165) is 43.7 Å². The molecule has 4 aromatic rings. The van der Waals surface area contributed by atoms with Gasteiger partial charge in [0, 0.05) is 53.4 Å². The van der Waals surface area contributed by atoms with Gasteiger partial charge in [-0.05, 0) is 120 Å². The predicted molar refractivity (Wildman–Crippen MR) is 362 cm³/mol. The third kappa shape index (κ3) is 30.2. The molecular formula is C60H106Cl2N15O10P. The molecule has 1 atom stereocenters. The number of carbonyl (C=O) groups is 4. The summed E-state index contributed by atoms with van der Waals surface area (Å²) in [5, 5.41) is 25.3. The number of hydrogen-bond acceptors (Lipinski definition) is 21. The SMILES string of the molecule is C.C.C.C.CCCN(C)C(=O)c1nc(N)c([N+](=O)[O-])c(Cl)n1.CCCN(C)C(=O)c1nc(N)c([N+](=O)[O-])c(N(CC(=O)OCC)Cc2cccc(CN3CCCC3)c2)n1.CCN(CC)CC.CCOC(=O)CNCc1cccc(CN2CCCC2)c1.Cl.[2H]P. The summed E-state index contributed by atoms with van der Waals surface area (Å²) in [5.41, 5.74) is 14.7. The smallest absolute Gasteiger partial charge is 0.353 e. The van der Waals surface area contributed by atoms with E-state index < -0.39 is 55.8 Å². The summed E-state index contributed by atoms with van der Waals surface area (Å²) in [6.07, 6.45) is 6.47. The number of benzene rings is 2. The number of amides is 2. The molecule has 0 radical (unpaired) electrons. The summed E-state index contributed by atoms with van der Waals surface area (Å²) < 4.78 is 15.7. The van der Waals surface area contributed by atoms with E-state index in [1.165, 1.54) is 84.2 Å². The fraction of sp³-hybridized carbons (Fsp3) is 0.600. The first-order valence-electron chi connectivity index (χ1n) is 28.7. The summed E-state index contributed by atoms with van der Waals surface area (Å²) in [6, 6.07) is 16.4. The Hall–Kier alpha value is -6.47. The number of carbonyl (C=O) groups excluding carboxylic acids is 4. The summed E-state index contributed by atoms with van der Waals surface area (Å²) >= 11 is 5.61. The zero-order valence-corrected chi connectivity index (χ0v) is 53.1. The summed E-state index contributed by atoms with van der Waals surface area (Å²) in [7, 11) is 4.83. The van der Waals surface area contributed by atoms with Crippen molar-refractivity contribution in [1.29, 1.82) is 1.28 Å². The van der Waals surface area contributed by atoms with Gasteiger partial charge in [-0.2, -0.15) is 24.8 Å².